The third-order valence-electron chi connectivity index (χ3n) is 2.94. The molecule has 5 nitrogen and oxygen atoms in total. The number of nitrogens with zero attached hydrogens (tertiary/aromatic N) is 1. The van der Waals surface area contributed by atoms with Crippen molar-refractivity contribution in [3.8, 4) is 0 Å². The van der Waals surface area contributed by atoms with E-state index in [0.29, 0.717) is 0 Å². The summed E-state index contributed by atoms with van der Waals surface area (Å²) in [6.45, 7) is 5.50. The minimum atomic E-state index is 0.135. The van der Waals surface area contributed by atoms with Gasteiger partial charge in [0, 0.05) is 25.3 Å². The van der Waals surface area contributed by atoms with E-state index in [1.807, 2.05) is 24.3 Å². The quantitative estimate of drug-likeness (QED) is 0.201. The van der Waals surface area contributed by atoms with Gasteiger partial charge >= 0.3 is 0 Å². The molecule has 0 unspecified atom stereocenters. The van der Waals surface area contributed by atoms with Gasteiger partial charge in [0.25, 0.3) is 0 Å². The predicted octanol–water partition coefficient (Wildman–Crippen LogP) is 2.08. The number of nitrogens with two attached hydrogens (primary N) is 1. The molecule has 1 aromatic rings. The van der Waals surface area contributed by atoms with Crippen molar-refractivity contribution in [1.29, 1.82) is 0 Å². The predicted molar refractivity (Wildman–Crippen MR) is 81.0 cm³/mol. The van der Waals surface area contributed by atoms with E-state index in [1.165, 1.54) is 6.42 Å². The van der Waals surface area contributed by atoms with Crippen molar-refractivity contribution in [2.24, 2.45) is 10.9 Å². The van der Waals surface area contributed by atoms with Crippen LogP contribution in [-0.4, -0.2) is 30.8 Å². The SMILES string of the molecule is CCCCOCCCNCc1cccc(/C(N)=N/O)c1. The van der Waals surface area contributed by atoms with Crippen LogP contribution in [-0.2, 0) is 11.3 Å². The van der Waals surface area contributed by atoms with Crippen LogP contribution in [0.15, 0.2) is 29.4 Å². The zero-order chi connectivity index (χ0) is 14.6. The van der Waals surface area contributed by atoms with E-state index in [4.69, 9.17) is 15.7 Å². The first-order valence-corrected chi connectivity index (χ1v) is 7.13. The maximum atomic E-state index is 8.65. The number of hydrogen-bond acceptors (Lipinski definition) is 4. The lowest BCUT2D eigenvalue weighted by Gasteiger charge is -2.07. The molecule has 0 saturated carbocycles. The number of ether oxygens (including phenoxy) is 1. The summed E-state index contributed by atoms with van der Waals surface area (Å²) < 4.78 is 5.49. The fraction of sp³-hybridized carbons (Fsp3) is 0.533. The first-order chi connectivity index (χ1) is 9.77. The third-order valence-corrected chi connectivity index (χ3v) is 2.94. The first-order valence-electron chi connectivity index (χ1n) is 7.13. The maximum absolute atomic E-state index is 8.65. The van der Waals surface area contributed by atoms with Crippen molar-refractivity contribution in [3.63, 3.8) is 0 Å². The highest BCUT2D eigenvalue weighted by atomic mass is 16.5. The molecule has 0 aliphatic carbocycles. The van der Waals surface area contributed by atoms with Crippen molar-refractivity contribution >= 4 is 5.84 Å². The molecule has 4 N–H and O–H groups in total. The van der Waals surface area contributed by atoms with Crippen molar-refractivity contribution in [3.05, 3.63) is 35.4 Å². The topological polar surface area (TPSA) is 79.9 Å². The van der Waals surface area contributed by atoms with Crippen LogP contribution in [0.25, 0.3) is 0 Å². The van der Waals surface area contributed by atoms with E-state index in [2.05, 4.69) is 17.4 Å². The number of nitrogens with one attached hydrogen (secondary N) is 1. The van der Waals surface area contributed by atoms with Gasteiger partial charge in [0.2, 0.25) is 0 Å². The lowest BCUT2D eigenvalue weighted by Crippen LogP contribution is -2.18. The molecule has 0 fully saturated rings. The average Bonchev–Trinajstić information content (AvgIpc) is 2.49. The first kappa shape index (κ1) is 16.5. The van der Waals surface area contributed by atoms with Gasteiger partial charge in [-0.25, -0.2) is 0 Å². The van der Waals surface area contributed by atoms with Gasteiger partial charge in [-0.05, 0) is 31.0 Å². The largest absolute Gasteiger partial charge is 0.409 e. The second kappa shape index (κ2) is 10.2. The number of oxime groups is 1. The maximum Gasteiger partial charge on any atom is 0.170 e. The van der Waals surface area contributed by atoms with Crippen LogP contribution in [0.3, 0.4) is 0 Å². The summed E-state index contributed by atoms with van der Waals surface area (Å²) in [5.74, 6) is 0.135. The number of amidine groups is 1. The summed E-state index contributed by atoms with van der Waals surface area (Å²) in [5, 5.41) is 15.0. The number of benzene rings is 1. The monoisotopic (exact) mass is 279 g/mol. The zero-order valence-corrected chi connectivity index (χ0v) is 12.1. The van der Waals surface area contributed by atoms with E-state index < -0.39 is 0 Å². The molecular weight excluding hydrogens is 254 g/mol. The Balaban J connectivity index is 2.19. The highest BCUT2D eigenvalue weighted by molar-refractivity contribution is 5.97. The fourth-order valence-electron chi connectivity index (χ4n) is 1.78. The summed E-state index contributed by atoms with van der Waals surface area (Å²) >= 11 is 0. The molecule has 0 spiro atoms. The number of rotatable bonds is 10. The molecule has 5 heteroatoms. The normalized spacial score (nSPS) is 11.8. The van der Waals surface area contributed by atoms with Crippen LogP contribution >= 0.6 is 0 Å². The number of hydrogen-bond donors (Lipinski definition) is 3. The number of unbranched alkanes of at least 4 members (excludes halogenated alkanes) is 1. The molecule has 20 heavy (non-hydrogen) atoms. The Hall–Kier alpha value is -1.59. The molecule has 0 heterocycles. The van der Waals surface area contributed by atoms with E-state index in [0.717, 1.165) is 50.3 Å². The molecule has 0 radical (unpaired) electrons. The molecule has 1 aromatic carbocycles. The Labute approximate surface area is 120 Å². The molecule has 0 aromatic heterocycles. The van der Waals surface area contributed by atoms with E-state index in [1.54, 1.807) is 0 Å². The second-order valence-electron chi connectivity index (χ2n) is 4.68. The summed E-state index contributed by atoms with van der Waals surface area (Å²) in [6.07, 6.45) is 3.31. The zero-order valence-electron chi connectivity index (χ0n) is 12.1. The van der Waals surface area contributed by atoms with Gasteiger partial charge < -0.3 is 21.0 Å². The molecule has 1 rings (SSSR count). The summed E-state index contributed by atoms with van der Waals surface area (Å²) in [6, 6.07) is 7.65. The Morgan fingerprint density at radius 2 is 2.15 bits per heavy atom. The third kappa shape index (κ3) is 6.54. The van der Waals surface area contributed by atoms with E-state index >= 15 is 0 Å². The van der Waals surface area contributed by atoms with Crippen LogP contribution in [0.5, 0.6) is 0 Å². The van der Waals surface area contributed by atoms with Crippen LogP contribution in [0.1, 0.15) is 37.3 Å². The van der Waals surface area contributed by atoms with Gasteiger partial charge in [-0.2, -0.15) is 0 Å². The molecule has 0 saturated heterocycles. The van der Waals surface area contributed by atoms with Gasteiger partial charge in [-0.15, -0.1) is 0 Å². The Kier molecular flexibility index (Phi) is 8.42. The molecule has 0 atom stereocenters. The Morgan fingerprint density at radius 1 is 1.35 bits per heavy atom. The highest BCUT2D eigenvalue weighted by Gasteiger charge is 2.00. The fourth-order valence-corrected chi connectivity index (χ4v) is 1.78. The Bertz CT molecular complexity index is 408. The average molecular weight is 279 g/mol. The van der Waals surface area contributed by atoms with Crippen LogP contribution in [0.4, 0.5) is 0 Å². The molecule has 0 aliphatic heterocycles. The van der Waals surface area contributed by atoms with Gasteiger partial charge in [-0.3, -0.25) is 0 Å². The van der Waals surface area contributed by atoms with Crippen molar-refractivity contribution in [2.75, 3.05) is 19.8 Å². The molecule has 0 aliphatic rings. The van der Waals surface area contributed by atoms with Crippen molar-refractivity contribution in [1.82, 2.24) is 5.32 Å². The standard InChI is InChI=1S/C15H25N3O2/c1-2-3-9-20-10-5-8-17-12-13-6-4-7-14(11-13)15(16)18-19/h4,6-7,11,17,19H,2-3,5,8-10,12H2,1H3,(H2,16,18). The van der Waals surface area contributed by atoms with Gasteiger partial charge in [0.1, 0.15) is 0 Å². The highest BCUT2D eigenvalue weighted by Crippen LogP contribution is 2.04. The van der Waals surface area contributed by atoms with Gasteiger partial charge in [-0.1, -0.05) is 36.7 Å². The van der Waals surface area contributed by atoms with Gasteiger partial charge in [0.05, 0.1) is 0 Å². The summed E-state index contributed by atoms with van der Waals surface area (Å²) in [4.78, 5) is 0. The van der Waals surface area contributed by atoms with E-state index in [9.17, 15) is 0 Å². The lowest BCUT2D eigenvalue weighted by molar-refractivity contribution is 0.129. The van der Waals surface area contributed by atoms with Crippen LogP contribution in [0.2, 0.25) is 0 Å². The van der Waals surface area contributed by atoms with E-state index in [-0.39, 0.29) is 5.84 Å². The molecule has 0 bridgehead atoms. The summed E-state index contributed by atoms with van der Waals surface area (Å²) in [7, 11) is 0. The summed E-state index contributed by atoms with van der Waals surface area (Å²) in [5.41, 5.74) is 7.40. The minimum absolute atomic E-state index is 0.135. The van der Waals surface area contributed by atoms with Crippen molar-refractivity contribution < 1.29 is 9.94 Å². The molecule has 0 amide bonds. The lowest BCUT2D eigenvalue weighted by atomic mass is 10.1. The van der Waals surface area contributed by atoms with Crippen LogP contribution < -0.4 is 11.1 Å². The van der Waals surface area contributed by atoms with Crippen LogP contribution in [0, 0.1) is 0 Å². The van der Waals surface area contributed by atoms with Gasteiger partial charge in [0.15, 0.2) is 5.84 Å². The van der Waals surface area contributed by atoms with Crippen molar-refractivity contribution in [2.45, 2.75) is 32.7 Å². The second-order valence-corrected chi connectivity index (χ2v) is 4.68. The Morgan fingerprint density at radius 3 is 2.90 bits per heavy atom. The smallest absolute Gasteiger partial charge is 0.170 e. The minimum Gasteiger partial charge on any atom is -0.409 e. The molecular formula is C15H25N3O2. The molecule has 112 valence electrons.